The smallest absolute Gasteiger partial charge is 0.164 e. The van der Waals surface area contributed by atoms with Crippen molar-refractivity contribution in [1.29, 1.82) is 0 Å². The van der Waals surface area contributed by atoms with Gasteiger partial charge >= 0.3 is 0 Å². The monoisotopic (exact) mass is 340 g/mol. The van der Waals surface area contributed by atoms with Gasteiger partial charge in [-0.3, -0.25) is 4.68 Å². The molecule has 0 unspecified atom stereocenters. The number of hydrogen-bond acceptors (Lipinski definition) is 4. The Kier molecular flexibility index (Phi) is 4.93. The van der Waals surface area contributed by atoms with E-state index >= 15 is 0 Å². The Labute approximate surface area is 127 Å². The molecule has 2 heterocycles. The van der Waals surface area contributed by atoms with E-state index in [1.807, 2.05) is 16.3 Å². The number of rotatable bonds is 6. The van der Waals surface area contributed by atoms with Crippen LogP contribution in [0.3, 0.4) is 0 Å². The summed E-state index contributed by atoms with van der Waals surface area (Å²) >= 11 is 3.60. The lowest BCUT2D eigenvalue weighted by molar-refractivity contribution is 0.551. The maximum Gasteiger partial charge on any atom is 0.164 e. The topological polar surface area (TPSA) is 60.6 Å². The van der Waals surface area contributed by atoms with Gasteiger partial charge in [0.05, 0.1) is 29.0 Å². The van der Waals surface area contributed by atoms with Crippen LogP contribution in [0.1, 0.15) is 38.0 Å². The summed E-state index contributed by atoms with van der Waals surface area (Å²) in [6.07, 6.45) is 1.77. The van der Waals surface area contributed by atoms with Crippen LogP contribution in [0, 0.1) is 6.92 Å². The summed E-state index contributed by atoms with van der Waals surface area (Å²) in [5.74, 6) is 0.814. The molecule has 0 fully saturated rings. The van der Waals surface area contributed by atoms with Gasteiger partial charge in [0.1, 0.15) is 6.33 Å². The third kappa shape index (κ3) is 3.46. The molecule has 0 atom stereocenters. The third-order valence-electron chi connectivity index (χ3n) is 3.02. The summed E-state index contributed by atoms with van der Waals surface area (Å²) in [7, 11) is 0. The van der Waals surface area contributed by atoms with E-state index in [1.54, 1.807) is 6.33 Å². The molecular weight excluding hydrogens is 320 g/mol. The van der Waals surface area contributed by atoms with Gasteiger partial charge in [0.25, 0.3) is 0 Å². The average molecular weight is 341 g/mol. The number of hydrogen-bond donors (Lipinski definition) is 1. The first-order valence-electron chi connectivity index (χ1n) is 6.84. The van der Waals surface area contributed by atoms with Crippen LogP contribution in [-0.4, -0.2) is 30.6 Å². The Morgan fingerprint density at radius 2 is 2.10 bits per heavy atom. The van der Waals surface area contributed by atoms with Crippen LogP contribution >= 0.6 is 15.9 Å². The van der Waals surface area contributed by atoms with Crippen molar-refractivity contribution >= 4 is 15.9 Å². The highest BCUT2D eigenvalue weighted by Crippen LogP contribution is 2.21. The van der Waals surface area contributed by atoms with Crippen molar-refractivity contribution in [2.24, 2.45) is 0 Å². The molecule has 2 aromatic rings. The maximum atomic E-state index is 4.49. The zero-order valence-corrected chi connectivity index (χ0v) is 14.0. The van der Waals surface area contributed by atoms with E-state index in [0.717, 1.165) is 28.2 Å². The summed E-state index contributed by atoms with van der Waals surface area (Å²) in [4.78, 5) is 4.32. The molecule has 0 aliphatic carbocycles. The first-order valence-corrected chi connectivity index (χ1v) is 7.64. The number of nitrogens with one attached hydrogen (secondary N) is 1. The summed E-state index contributed by atoms with van der Waals surface area (Å²) < 4.78 is 4.90. The number of aromatic nitrogens is 5. The van der Waals surface area contributed by atoms with Gasteiger partial charge in [-0.1, -0.05) is 13.8 Å². The van der Waals surface area contributed by atoms with E-state index in [4.69, 9.17) is 0 Å². The van der Waals surface area contributed by atoms with Gasteiger partial charge in [0.15, 0.2) is 5.82 Å². The van der Waals surface area contributed by atoms with Gasteiger partial charge in [0, 0.05) is 12.6 Å². The molecule has 0 aromatic carbocycles. The van der Waals surface area contributed by atoms with Gasteiger partial charge in [-0.15, -0.1) is 0 Å². The standard InChI is InChI=1S/C13H21BrN6/c1-5-20-11(13(14)10(4)17-20)7-19-8-16-12(18-19)6-15-9(2)3/h8-9,15H,5-7H2,1-4H3. The fourth-order valence-corrected chi connectivity index (χ4v) is 2.37. The minimum Gasteiger partial charge on any atom is -0.308 e. The first kappa shape index (κ1) is 15.2. The predicted molar refractivity (Wildman–Crippen MR) is 81.4 cm³/mol. The average Bonchev–Trinajstić information content (AvgIpc) is 2.96. The van der Waals surface area contributed by atoms with Crippen LogP contribution in [0.15, 0.2) is 10.8 Å². The van der Waals surface area contributed by atoms with Crippen molar-refractivity contribution in [3.63, 3.8) is 0 Å². The fourth-order valence-electron chi connectivity index (χ4n) is 1.96. The highest BCUT2D eigenvalue weighted by atomic mass is 79.9. The fraction of sp³-hybridized carbons (Fsp3) is 0.615. The van der Waals surface area contributed by atoms with Crippen LogP contribution in [0.2, 0.25) is 0 Å². The van der Waals surface area contributed by atoms with Crippen LogP contribution in [0.5, 0.6) is 0 Å². The zero-order valence-electron chi connectivity index (χ0n) is 12.4. The lowest BCUT2D eigenvalue weighted by Crippen LogP contribution is -2.22. The van der Waals surface area contributed by atoms with Gasteiger partial charge in [-0.25, -0.2) is 9.67 Å². The highest BCUT2D eigenvalue weighted by Gasteiger charge is 2.13. The molecule has 0 spiro atoms. The summed E-state index contributed by atoms with van der Waals surface area (Å²) in [6.45, 7) is 10.5. The minimum atomic E-state index is 0.431. The predicted octanol–water partition coefficient (Wildman–Crippen LogP) is 2.11. The van der Waals surface area contributed by atoms with E-state index < -0.39 is 0 Å². The van der Waals surface area contributed by atoms with Crippen LogP contribution in [-0.2, 0) is 19.6 Å². The van der Waals surface area contributed by atoms with Gasteiger partial charge in [-0.05, 0) is 29.8 Å². The summed E-state index contributed by atoms with van der Waals surface area (Å²) in [5, 5.41) is 12.3. The Morgan fingerprint density at radius 3 is 2.75 bits per heavy atom. The van der Waals surface area contributed by atoms with Gasteiger partial charge < -0.3 is 5.32 Å². The van der Waals surface area contributed by atoms with Gasteiger partial charge in [0.2, 0.25) is 0 Å². The minimum absolute atomic E-state index is 0.431. The van der Waals surface area contributed by atoms with E-state index in [2.05, 4.69) is 57.2 Å². The molecule has 7 heteroatoms. The molecule has 2 aromatic heterocycles. The number of aryl methyl sites for hydroxylation is 2. The van der Waals surface area contributed by atoms with E-state index in [9.17, 15) is 0 Å². The molecule has 0 saturated carbocycles. The molecule has 110 valence electrons. The third-order valence-corrected chi connectivity index (χ3v) is 4.05. The molecule has 0 aliphatic heterocycles. The normalized spacial score (nSPS) is 11.5. The number of nitrogens with zero attached hydrogens (tertiary/aromatic N) is 5. The van der Waals surface area contributed by atoms with Crippen molar-refractivity contribution < 1.29 is 0 Å². The molecule has 0 saturated heterocycles. The lowest BCUT2D eigenvalue weighted by Gasteiger charge is -2.06. The molecule has 0 bridgehead atoms. The van der Waals surface area contributed by atoms with Crippen molar-refractivity contribution in [3.8, 4) is 0 Å². The second-order valence-electron chi connectivity index (χ2n) is 5.06. The zero-order chi connectivity index (χ0) is 14.7. The molecule has 1 N–H and O–H groups in total. The van der Waals surface area contributed by atoms with E-state index in [1.165, 1.54) is 0 Å². The van der Waals surface area contributed by atoms with Gasteiger partial charge in [-0.2, -0.15) is 10.2 Å². The molecule has 20 heavy (non-hydrogen) atoms. The number of halogens is 1. The Balaban J connectivity index is 2.10. The molecule has 2 rings (SSSR count). The Bertz CT molecular complexity index is 571. The molecule has 6 nitrogen and oxygen atoms in total. The van der Waals surface area contributed by atoms with Crippen molar-refractivity contribution in [2.45, 2.75) is 53.4 Å². The second kappa shape index (κ2) is 6.49. The van der Waals surface area contributed by atoms with E-state index in [0.29, 0.717) is 19.1 Å². The molecule has 0 amide bonds. The summed E-state index contributed by atoms with van der Waals surface area (Å²) in [6, 6.07) is 0.431. The van der Waals surface area contributed by atoms with Crippen LogP contribution in [0.25, 0.3) is 0 Å². The largest absolute Gasteiger partial charge is 0.308 e. The second-order valence-corrected chi connectivity index (χ2v) is 5.85. The van der Waals surface area contributed by atoms with Crippen LogP contribution < -0.4 is 5.32 Å². The Morgan fingerprint density at radius 1 is 1.35 bits per heavy atom. The Hall–Kier alpha value is -1.21. The van der Waals surface area contributed by atoms with Crippen molar-refractivity contribution in [3.05, 3.63) is 28.0 Å². The quantitative estimate of drug-likeness (QED) is 0.874. The van der Waals surface area contributed by atoms with Crippen LogP contribution in [0.4, 0.5) is 0 Å². The maximum absolute atomic E-state index is 4.49. The molecular formula is C13H21BrN6. The first-order chi connectivity index (χ1) is 9.51. The summed E-state index contributed by atoms with van der Waals surface area (Å²) in [5.41, 5.74) is 2.13. The molecule has 0 radical (unpaired) electrons. The lowest BCUT2D eigenvalue weighted by atomic mass is 10.3. The van der Waals surface area contributed by atoms with Crippen molar-refractivity contribution in [1.82, 2.24) is 29.9 Å². The SMILES string of the molecule is CCn1nc(C)c(Br)c1Cn1cnc(CNC(C)C)n1. The molecule has 0 aliphatic rings. The van der Waals surface area contributed by atoms with Crippen molar-refractivity contribution in [2.75, 3.05) is 0 Å². The van der Waals surface area contributed by atoms with E-state index in [-0.39, 0.29) is 0 Å². The highest BCUT2D eigenvalue weighted by molar-refractivity contribution is 9.10.